The van der Waals surface area contributed by atoms with Gasteiger partial charge in [0, 0.05) is 25.4 Å². The van der Waals surface area contributed by atoms with E-state index in [4.69, 9.17) is 9.15 Å². The topological polar surface area (TPSA) is 111 Å². The number of nitrogens with one attached hydrogen (secondary N) is 1. The van der Waals surface area contributed by atoms with Gasteiger partial charge < -0.3 is 24.1 Å². The van der Waals surface area contributed by atoms with Crippen molar-refractivity contribution in [1.29, 1.82) is 0 Å². The molecule has 1 atom stereocenters. The molecule has 3 rings (SSSR count). The van der Waals surface area contributed by atoms with Gasteiger partial charge in [-0.05, 0) is 31.4 Å². The molecule has 2 amide bonds. The van der Waals surface area contributed by atoms with Crippen LogP contribution < -0.4 is 5.32 Å². The lowest BCUT2D eigenvalue weighted by atomic mass is 9.97. The van der Waals surface area contributed by atoms with E-state index < -0.39 is 18.0 Å². The number of likely N-dealkylation sites (tertiary alicyclic amines) is 1. The highest BCUT2D eigenvalue weighted by Gasteiger charge is 2.30. The summed E-state index contributed by atoms with van der Waals surface area (Å²) < 4.78 is 15.2. The first-order valence-electron chi connectivity index (χ1n) is 9.57. The maximum atomic E-state index is 12.6. The number of ether oxygens (including phenoxy) is 2. The highest BCUT2D eigenvalue weighted by atomic mass is 16.5. The fraction of sp³-hybridized carbons (Fsp3) is 0.500. The Balaban J connectivity index is 1.55. The van der Waals surface area contributed by atoms with E-state index in [-0.39, 0.29) is 24.8 Å². The number of nitrogens with zero attached hydrogens (tertiary/aromatic N) is 2. The maximum Gasteiger partial charge on any atom is 0.328 e. The number of fused-ring (bicyclic) bond motifs is 1. The summed E-state index contributed by atoms with van der Waals surface area (Å²) in [6.07, 6.45) is 1.55. The lowest BCUT2D eigenvalue weighted by Gasteiger charge is -2.31. The lowest BCUT2D eigenvalue weighted by Crippen LogP contribution is -2.50. The number of esters is 2. The van der Waals surface area contributed by atoms with Crippen LogP contribution in [0.5, 0.6) is 0 Å². The number of benzene rings is 1. The maximum absolute atomic E-state index is 12.6. The van der Waals surface area contributed by atoms with Gasteiger partial charge in [0.1, 0.15) is 11.6 Å². The van der Waals surface area contributed by atoms with Crippen LogP contribution in [0.3, 0.4) is 0 Å². The fourth-order valence-electron chi connectivity index (χ4n) is 3.39. The predicted octanol–water partition coefficient (Wildman–Crippen LogP) is 2.21. The summed E-state index contributed by atoms with van der Waals surface area (Å²) in [5.74, 6) is -0.213. The summed E-state index contributed by atoms with van der Waals surface area (Å²) >= 11 is 0. The molecule has 0 spiro atoms. The summed E-state index contributed by atoms with van der Waals surface area (Å²) in [4.78, 5) is 42.0. The van der Waals surface area contributed by atoms with Crippen LogP contribution in [-0.4, -0.2) is 61.2 Å². The largest absolute Gasteiger partial charge is 0.469 e. The van der Waals surface area contributed by atoms with Crippen molar-refractivity contribution in [2.45, 2.75) is 37.6 Å². The molecule has 0 radical (unpaired) electrons. The van der Waals surface area contributed by atoms with Gasteiger partial charge in [-0.1, -0.05) is 12.1 Å². The first-order valence-corrected chi connectivity index (χ1v) is 9.57. The van der Waals surface area contributed by atoms with Crippen LogP contribution in [0.2, 0.25) is 0 Å². The predicted molar refractivity (Wildman–Crippen MR) is 103 cm³/mol. The molecule has 1 aromatic heterocycles. The smallest absolute Gasteiger partial charge is 0.328 e. The molecule has 0 saturated carbocycles. The molecule has 0 unspecified atom stereocenters. The normalized spacial score (nSPS) is 15.7. The van der Waals surface area contributed by atoms with E-state index in [1.54, 1.807) is 4.90 Å². The van der Waals surface area contributed by atoms with Gasteiger partial charge in [0.05, 0.1) is 14.2 Å². The van der Waals surface area contributed by atoms with Crippen LogP contribution in [-0.2, 0) is 19.1 Å². The third kappa shape index (κ3) is 5.04. The van der Waals surface area contributed by atoms with Crippen LogP contribution in [0.15, 0.2) is 28.7 Å². The Hall–Kier alpha value is -3.10. The molecule has 1 fully saturated rings. The Labute approximate surface area is 168 Å². The van der Waals surface area contributed by atoms with Gasteiger partial charge >= 0.3 is 18.0 Å². The van der Waals surface area contributed by atoms with Crippen molar-refractivity contribution >= 4 is 29.1 Å². The van der Waals surface area contributed by atoms with Crippen molar-refractivity contribution in [1.82, 2.24) is 15.2 Å². The Kier molecular flexibility index (Phi) is 6.69. The molecule has 1 saturated heterocycles. The zero-order chi connectivity index (χ0) is 20.8. The number of hydrogen-bond donors (Lipinski definition) is 1. The number of methoxy groups -OCH3 is 2. The van der Waals surface area contributed by atoms with E-state index in [1.165, 1.54) is 14.2 Å². The highest BCUT2D eigenvalue weighted by molar-refractivity contribution is 5.84. The number of carbonyl (C=O) groups is 3. The molecular weight excluding hydrogens is 378 g/mol. The molecule has 9 heteroatoms. The van der Waals surface area contributed by atoms with Crippen LogP contribution in [0, 0.1) is 0 Å². The van der Waals surface area contributed by atoms with Crippen molar-refractivity contribution in [3.05, 3.63) is 30.2 Å². The second-order valence-electron chi connectivity index (χ2n) is 6.92. The Morgan fingerprint density at radius 3 is 2.59 bits per heavy atom. The van der Waals surface area contributed by atoms with Crippen molar-refractivity contribution < 1.29 is 28.3 Å². The number of carbonyl (C=O) groups excluding carboxylic acids is 3. The summed E-state index contributed by atoms with van der Waals surface area (Å²) in [6.45, 7) is 1.03. The van der Waals surface area contributed by atoms with Gasteiger partial charge in [-0.3, -0.25) is 4.79 Å². The molecule has 29 heavy (non-hydrogen) atoms. The Bertz CT molecular complexity index is 839. The molecule has 1 aliphatic rings. The number of oxazole rings is 1. The molecule has 0 bridgehead atoms. The minimum Gasteiger partial charge on any atom is -0.469 e. The first kappa shape index (κ1) is 20.6. The van der Waals surface area contributed by atoms with E-state index in [9.17, 15) is 14.4 Å². The van der Waals surface area contributed by atoms with E-state index in [2.05, 4.69) is 15.0 Å². The van der Waals surface area contributed by atoms with Gasteiger partial charge in [0.15, 0.2) is 11.5 Å². The average Bonchev–Trinajstić information content (AvgIpc) is 3.20. The van der Waals surface area contributed by atoms with E-state index in [1.807, 2.05) is 24.3 Å². The van der Waals surface area contributed by atoms with Crippen molar-refractivity contribution in [3.63, 3.8) is 0 Å². The average molecular weight is 403 g/mol. The summed E-state index contributed by atoms with van der Waals surface area (Å²) in [7, 11) is 2.51. The molecular formula is C20H25N3O6. The molecule has 2 aromatic rings. The summed E-state index contributed by atoms with van der Waals surface area (Å²) in [6, 6.07) is 6.35. The zero-order valence-corrected chi connectivity index (χ0v) is 16.6. The molecule has 156 valence electrons. The van der Waals surface area contributed by atoms with Crippen molar-refractivity contribution in [2.75, 3.05) is 27.3 Å². The van der Waals surface area contributed by atoms with Crippen molar-refractivity contribution in [2.24, 2.45) is 0 Å². The number of para-hydroxylation sites is 2. The number of hydrogen-bond acceptors (Lipinski definition) is 7. The fourth-order valence-corrected chi connectivity index (χ4v) is 3.39. The van der Waals surface area contributed by atoms with Crippen LogP contribution in [0.1, 0.15) is 37.5 Å². The van der Waals surface area contributed by atoms with Gasteiger partial charge in [-0.25, -0.2) is 14.6 Å². The number of urea groups is 1. The van der Waals surface area contributed by atoms with E-state index in [0.717, 1.165) is 11.1 Å². The van der Waals surface area contributed by atoms with E-state index >= 15 is 0 Å². The Morgan fingerprint density at radius 1 is 1.21 bits per heavy atom. The molecule has 1 aromatic carbocycles. The Morgan fingerprint density at radius 2 is 1.93 bits per heavy atom. The van der Waals surface area contributed by atoms with Crippen LogP contribution in [0.4, 0.5) is 4.79 Å². The number of piperidine rings is 1. The highest BCUT2D eigenvalue weighted by Crippen LogP contribution is 2.29. The van der Waals surface area contributed by atoms with Gasteiger partial charge in [-0.15, -0.1) is 0 Å². The molecule has 1 aliphatic heterocycles. The second kappa shape index (κ2) is 9.40. The van der Waals surface area contributed by atoms with Crippen LogP contribution >= 0.6 is 0 Å². The van der Waals surface area contributed by atoms with Gasteiger partial charge in [-0.2, -0.15) is 0 Å². The minimum atomic E-state index is -0.902. The minimum absolute atomic E-state index is 0.0103. The molecule has 2 heterocycles. The van der Waals surface area contributed by atoms with Gasteiger partial charge in [0.2, 0.25) is 0 Å². The first-order chi connectivity index (χ1) is 14.0. The third-order valence-corrected chi connectivity index (χ3v) is 5.09. The molecule has 1 N–H and O–H groups in total. The van der Waals surface area contributed by atoms with Gasteiger partial charge in [0.25, 0.3) is 0 Å². The molecule has 0 aliphatic carbocycles. The number of rotatable bonds is 6. The number of amides is 2. The monoisotopic (exact) mass is 403 g/mol. The standard InChI is InChI=1S/C20H25N3O6/c1-27-17(24)8-7-15(19(25)28-2)22-20(26)23-11-9-13(10-12-23)18-21-14-5-3-4-6-16(14)29-18/h3-6,13,15H,7-12H2,1-2H3,(H,22,26)/t15-/m0/s1. The number of aromatic nitrogens is 1. The zero-order valence-electron chi connectivity index (χ0n) is 16.6. The summed E-state index contributed by atoms with van der Waals surface area (Å²) in [5.41, 5.74) is 1.59. The SMILES string of the molecule is COC(=O)CC[C@H](NC(=O)N1CCC(c2nc3ccccc3o2)CC1)C(=O)OC. The quantitative estimate of drug-likeness (QED) is 0.736. The van der Waals surface area contributed by atoms with Crippen LogP contribution in [0.25, 0.3) is 11.1 Å². The van der Waals surface area contributed by atoms with E-state index in [0.29, 0.717) is 31.8 Å². The summed E-state index contributed by atoms with van der Waals surface area (Å²) in [5, 5.41) is 2.66. The van der Waals surface area contributed by atoms with Crippen molar-refractivity contribution in [3.8, 4) is 0 Å². The second-order valence-corrected chi connectivity index (χ2v) is 6.92. The third-order valence-electron chi connectivity index (χ3n) is 5.09. The molecule has 9 nitrogen and oxygen atoms in total. The lowest BCUT2D eigenvalue weighted by molar-refractivity contribution is -0.144.